The Morgan fingerprint density at radius 3 is 1.95 bits per heavy atom. The highest BCUT2D eigenvalue weighted by Gasteiger charge is 2.52. The molecule has 1 N–H and O–H groups in total. The molecule has 0 aliphatic rings. The predicted molar refractivity (Wildman–Crippen MR) is 55.4 cm³/mol. The molecule has 1 rings (SSSR count). The lowest BCUT2D eigenvalue weighted by atomic mass is 9.94. The molecule has 0 aliphatic heterocycles. The van der Waals surface area contributed by atoms with Crippen molar-refractivity contribution in [3.8, 4) is 0 Å². The van der Waals surface area contributed by atoms with Gasteiger partial charge in [-0.25, -0.2) is 0 Å². The zero-order valence-electron chi connectivity index (χ0n) is 9.34. The molecule has 1 unspecified atom stereocenters. The van der Waals surface area contributed by atoms with E-state index in [1.165, 1.54) is 0 Å². The fourth-order valence-electron chi connectivity index (χ4n) is 1.29. The quantitative estimate of drug-likeness (QED) is 0.675. The molecule has 0 bridgehead atoms. The summed E-state index contributed by atoms with van der Waals surface area (Å²) < 4.78 is 37.7. The molecule has 0 spiro atoms. The van der Waals surface area contributed by atoms with E-state index in [0.29, 0.717) is 25.1 Å². The van der Waals surface area contributed by atoms with Crippen LogP contribution in [0.2, 0.25) is 0 Å². The van der Waals surface area contributed by atoms with Crippen LogP contribution in [0, 0.1) is 20.2 Å². The molecule has 0 aliphatic carbocycles. The molecule has 19 heavy (non-hydrogen) atoms. The molecule has 0 aromatic heterocycles. The number of rotatable bonds is 3. The van der Waals surface area contributed by atoms with Gasteiger partial charge in [-0.3, -0.25) is 20.2 Å². The summed E-state index contributed by atoms with van der Waals surface area (Å²) in [5, 5.41) is 30.4. The number of hydrogen-bond acceptors (Lipinski definition) is 5. The van der Waals surface area contributed by atoms with Crippen molar-refractivity contribution in [3.05, 3.63) is 44.0 Å². The van der Waals surface area contributed by atoms with Crippen LogP contribution >= 0.6 is 0 Å². The molecule has 0 heterocycles. The van der Waals surface area contributed by atoms with Gasteiger partial charge in [0.25, 0.3) is 0 Å². The lowest BCUT2D eigenvalue weighted by Gasteiger charge is -2.26. The van der Waals surface area contributed by atoms with E-state index < -0.39 is 38.6 Å². The Morgan fingerprint density at radius 2 is 1.58 bits per heavy atom. The van der Waals surface area contributed by atoms with Gasteiger partial charge in [0.1, 0.15) is 0 Å². The number of alkyl halides is 3. The lowest BCUT2D eigenvalue weighted by Crippen LogP contribution is -2.39. The van der Waals surface area contributed by atoms with E-state index in [4.69, 9.17) is 0 Å². The van der Waals surface area contributed by atoms with Crippen LogP contribution in [0.1, 0.15) is 12.5 Å². The Balaban J connectivity index is 3.47. The highest BCUT2D eigenvalue weighted by atomic mass is 19.4. The Labute approximate surface area is 103 Å². The lowest BCUT2D eigenvalue weighted by molar-refractivity contribution is -0.422. The van der Waals surface area contributed by atoms with E-state index in [9.17, 15) is 38.5 Å². The maximum absolute atomic E-state index is 12.6. The summed E-state index contributed by atoms with van der Waals surface area (Å²) >= 11 is 0. The van der Waals surface area contributed by atoms with Gasteiger partial charge in [-0.05, 0) is 18.6 Å². The highest BCUT2D eigenvalue weighted by Crippen LogP contribution is 2.41. The van der Waals surface area contributed by atoms with E-state index in [-0.39, 0.29) is 0 Å². The minimum Gasteiger partial charge on any atom is -0.376 e. The molecule has 10 heteroatoms. The highest BCUT2D eigenvalue weighted by molar-refractivity contribution is 5.55. The topological polar surface area (TPSA) is 107 Å². The van der Waals surface area contributed by atoms with Gasteiger partial charge in [0.05, 0.1) is 9.85 Å². The number of benzene rings is 1. The summed E-state index contributed by atoms with van der Waals surface area (Å²) in [5.74, 6) is 0. The van der Waals surface area contributed by atoms with E-state index in [0.717, 1.165) is 0 Å². The largest absolute Gasteiger partial charge is 0.421 e. The van der Waals surface area contributed by atoms with E-state index in [1.54, 1.807) is 0 Å². The molecule has 0 amide bonds. The van der Waals surface area contributed by atoms with Gasteiger partial charge in [-0.15, -0.1) is 0 Å². The van der Waals surface area contributed by atoms with E-state index >= 15 is 0 Å². The van der Waals surface area contributed by atoms with E-state index in [1.807, 2.05) is 0 Å². The number of nitro groups is 2. The summed E-state index contributed by atoms with van der Waals surface area (Å²) in [6.45, 7) is 0.401. The second kappa shape index (κ2) is 4.46. The smallest absolute Gasteiger partial charge is 0.376 e. The zero-order chi connectivity index (χ0) is 15.0. The van der Waals surface area contributed by atoms with Crippen molar-refractivity contribution in [2.75, 3.05) is 0 Å². The third-order valence-corrected chi connectivity index (χ3v) is 2.48. The molecular weight excluding hydrogens is 273 g/mol. The molecule has 1 atom stereocenters. The second-order valence-electron chi connectivity index (χ2n) is 3.79. The van der Waals surface area contributed by atoms with Crippen LogP contribution in [0.3, 0.4) is 0 Å². The van der Waals surface area contributed by atoms with Gasteiger partial charge in [-0.1, -0.05) is 0 Å². The SMILES string of the molecule is CC(O)(c1ccc([N+](=O)[O-])c([N+](=O)[O-])c1)C(F)(F)F. The van der Waals surface area contributed by atoms with Crippen molar-refractivity contribution in [2.45, 2.75) is 18.7 Å². The van der Waals surface area contributed by atoms with Gasteiger partial charge >= 0.3 is 17.6 Å². The molecule has 1 aromatic rings. The number of hydrogen-bond donors (Lipinski definition) is 1. The van der Waals surface area contributed by atoms with Gasteiger partial charge in [0, 0.05) is 12.1 Å². The third-order valence-electron chi connectivity index (χ3n) is 2.48. The standard InChI is InChI=1S/C9H7F3N2O5/c1-8(15,9(10,11)12)5-2-3-6(13(16)17)7(4-5)14(18)19/h2-4,15H,1H3. The Bertz CT molecular complexity index is 541. The molecule has 0 saturated heterocycles. The Morgan fingerprint density at radius 1 is 1.11 bits per heavy atom. The minimum atomic E-state index is -5.07. The van der Waals surface area contributed by atoms with Crippen molar-refractivity contribution in [2.24, 2.45) is 0 Å². The van der Waals surface area contributed by atoms with Gasteiger partial charge < -0.3 is 5.11 Å². The fraction of sp³-hybridized carbons (Fsp3) is 0.333. The fourth-order valence-corrected chi connectivity index (χ4v) is 1.29. The van der Waals surface area contributed by atoms with Crippen molar-refractivity contribution in [1.29, 1.82) is 0 Å². The van der Waals surface area contributed by atoms with Crippen LogP contribution in [0.25, 0.3) is 0 Å². The molecular formula is C9H7F3N2O5. The second-order valence-corrected chi connectivity index (χ2v) is 3.79. The maximum Gasteiger partial charge on any atom is 0.421 e. The summed E-state index contributed by atoms with van der Waals surface area (Å²) in [6, 6.07) is 1.51. The third kappa shape index (κ3) is 2.62. The first-order valence-electron chi connectivity index (χ1n) is 4.71. The van der Waals surface area contributed by atoms with Crippen LogP contribution in [-0.2, 0) is 5.60 Å². The van der Waals surface area contributed by atoms with Gasteiger partial charge in [0.2, 0.25) is 0 Å². The van der Waals surface area contributed by atoms with Crippen LogP contribution in [-0.4, -0.2) is 21.1 Å². The van der Waals surface area contributed by atoms with Gasteiger partial charge in [-0.2, -0.15) is 13.2 Å². The first-order chi connectivity index (χ1) is 8.48. The molecule has 104 valence electrons. The summed E-state index contributed by atoms with van der Waals surface area (Å²) in [7, 11) is 0. The first-order valence-corrected chi connectivity index (χ1v) is 4.71. The number of aliphatic hydroxyl groups is 1. The zero-order valence-corrected chi connectivity index (χ0v) is 9.34. The first kappa shape index (κ1) is 14.8. The molecule has 7 nitrogen and oxygen atoms in total. The van der Waals surface area contributed by atoms with E-state index in [2.05, 4.69) is 0 Å². The predicted octanol–water partition coefficient (Wildman–Crippen LogP) is 2.27. The van der Waals surface area contributed by atoms with Crippen molar-refractivity contribution < 1.29 is 28.1 Å². The number of nitro benzene ring substituents is 2. The summed E-state index contributed by atoms with van der Waals surface area (Å²) in [4.78, 5) is 18.8. The average Bonchev–Trinajstić information content (AvgIpc) is 2.26. The van der Waals surface area contributed by atoms with Crippen molar-refractivity contribution in [3.63, 3.8) is 0 Å². The average molecular weight is 280 g/mol. The molecule has 0 saturated carbocycles. The maximum atomic E-state index is 12.6. The van der Waals surface area contributed by atoms with Crippen LogP contribution in [0.15, 0.2) is 18.2 Å². The Hall–Kier alpha value is -2.23. The van der Waals surface area contributed by atoms with Crippen molar-refractivity contribution in [1.82, 2.24) is 0 Å². The normalized spacial score (nSPS) is 14.8. The summed E-state index contributed by atoms with van der Waals surface area (Å²) in [5.41, 5.74) is -6.26. The van der Waals surface area contributed by atoms with Crippen LogP contribution in [0.5, 0.6) is 0 Å². The summed E-state index contributed by atoms with van der Waals surface area (Å²) in [6.07, 6.45) is -5.07. The van der Waals surface area contributed by atoms with Crippen LogP contribution < -0.4 is 0 Å². The van der Waals surface area contributed by atoms with Crippen molar-refractivity contribution >= 4 is 11.4 Å². The number of nitrogens with zero attached hydrogens (tertiary/aromatic N) is 2. The van der Waals surface area contributed by atoms with Gasteiger partial charge in [0.15, 0.2) is 5.60 Å². The molecule has 0 radical (unpaired) electrons. The molecule has 1 aromatic carbocycles. The number of halogens is 3. The Kier molecular flexibility index (Phi) is 3.48. The minimum absolute atomic E-state index is 0.339. The molecule has 0 fully saturated rings. The monoisotopic (exact) mass is 280 g/mol. The van der Waals surface area contributed by atoms with Crippen LogP contribution in [0.4, 0.5) is 24.5 Å².